The van der Waals surface area contributed by atoms with Crippen molar-refractivity contribution in [3.63, 3.8) is 0 Å². The van der Waals surface area contributed by atoms with Gasteiger partial charge in [0.2, 0.25) is 0 Å². The van der Waals surface area contributed by atoms with Gasteiger partial charge in [0.25, 0.3) is 0 Å². The first-order chi connectivity index (χ1) is 12.0. The Morgan fingerprint density at radius 2 is 2.08 bits per heavy atom. The highest BCUT2D eigenvalue weighted by atomic mass is 32.1. The zero-order valence-electron chi connectivity index (χ0n) is 14.2. The van der Waals surface area contributed by atoms with E-state index >= 15 is 0 Å². The normalized spacial score (nSPS) is 17.6. The molecule has 1 aromatic carbocycles. The van der Waals surface area contributed by atoms with Crippen molar-refractivity contribution in [2.75, 3.05) is 13.7 Å². The van der Waals surface area contributed by atoms with Crippen LogP contribution in [0.5, 0.6) is 0 Å². The molecular weight excluding hydrogens is 340 g/mol. The summed E-state index contributed by atoms with van der Waals surface area (Å²) in [5.41, 5.74) is 1.76. The van der Waals surface area contributed by atoms with Crippen LogP contribution in [-0.2, 0) is 11.3 Å². The van der Waals surface area contributed by atoms with Gasteiger partial charge in [-0.1, -0.05) is 12.1 Å². The maximum atomic E-state index is 11.8. The number of benzene rings is 1. The van der Waals surface area contributed by atoms with Gasteiger partial charge in [-0.3, -0.25) is 4.90 Å². The summed E-state index contributed by atoms with van der Waals surface area (Å²) in [5.74, 6) is -1.31. The van der Waals surface area contributed by atoms with Gasteiger partial charge in [0.15, 0.2) is 5.69 Å². The van der Waals surface area contributed by atoms with Crippen molar-refractivity contribution in [3.05, 3.63) is 51.0 Å². The Hall–Kier alpha value is -2.25. The van der Waals surface area contributed by atoms with Crippen molar-refractivity contribution in [1.29, 1.82) is 0 Å². The van der Waals surface area contributed by atoms with Crippen LogP contribution >= 0.6 is 11.3 Å². The van der Waals surface area contributed by atoms with Crippen molar-refractivity contribution in [1.82, 2.24) is 9.88 Å². The van der Waals surface area contributed by atoms with Crippen molar-refractivity contribution in [2.24, 2.45) is 0 Å². The quantitative estimate of drug-likeness (QED) is 0.825. The van der Waals surface area contributed by atoms with Gasteiger partial charge < -0.3 is 9.84 Å². The van der Waals surface area contributed by atoms with Crippen LogP contribution in [-0.4, -0.2) is 40.6 Å². The minimum atomic E-state index is -0.917. The van der Waals surface area contributed by atoms with Gasteiger partial charge in [-0.05, 0) is 44.0 Å². The molecule has 0 spiro atoms. The SMILES string of the molecule is COC(=O)c1nc(C2CCCN2Cc2ccc(C(=O)O)cc2)sc1C. The van der Waals surface area contributed by atoms with E-state index in [1.807, 2.05) is 19.1 Å². The summed E-state index contributed by atoms with van der Waals surface area (Å²) in [5, 5.41) is 9.93. The molecule has 2 heterocycles. The standard InChI is InChI=1S/C18H20N2O4S/c1-11-15(18(23)24-2)19-16(25-11)14-4-3-9-20(14)10-12-5-7-13(8-6-12)17(21)22/h5-8,14H,3-4,9-10H2,1-2H3,(H,21,22). The molecule has 0 saturated carbocycles. The summed E-state index contributed by atoms with van der Waals surface area (Å²) in [4.78, 5) is 30.5. The second-order valence-corrected chi connectivity index (χ2v) is 7.31. The Balaban J connectivity index is 1.76. The molecule has 2 aromatic rings. The highest BCUT2D eigenvalue weighted by molar-refractivity contribution is 7.12. The zero-order valence-corrected chi connectivity index (χ0v) is 15.0. The number of ether oxygens (including phenoxy) is 1. The van der Waals surface area contributed by atoms with E-state index in [2.05, 4.69) is 9.88 Å². The van der Waals surface area contributed by atoms with Crippen LogP contribution in [0.3, 0.4) is 0 Å². The fourth-order valence-corrected chi connectivity index (χ4v) is 4.21. The van der Waals surface area contributed by atoms with Gasteiger partial charge in [-0.2, -0.15) is 0 Å². The van der Waals surface area contributed by atoms with Crippen LogP contribution in [0.4, 0.5) is 0 Å². The van der Waals surface area contributed by atoms with Gasteiger partial charge in [0.1, 0.15) is 5.01 Å². The second-order valence-electron chi connectivity index (χ2n) is 6.08. The maximum absolute atomic E-state index is 11.8. The van der Waals surface area contributed by atoms with Crippen LogP contribution in [0.15, 0.2) is 24.3 Å². The first-order valence-corrected chi connectivity index (χ1v) is 8.93. The molecule has 0 amide bonds. The summed E-state index contributed by atoms with van der Waals surface area (Å²) in [6, 6.07) is 7.15. The topological polar surface area (TPSA) is 79.7 Å². The molecule has 1 saturated heterocycles. The lowest BCUT2D eigenvalue weighted by Gasteiger charge is -2.22. The van der Waals surface area contributed by atoms with E-state index in [0.29, 0.717) is 11.3 Å². The van der Waals surface area contributed by atoms with E-state index in [-0.39, 0.29) is 6.04 Å². The number of carbonyl (C=O) groups excluding carboxylic acids is 1. The van der Waals surface area contributed by atoms with Gasteiger partial charge in [-0.15, -0.1) is 11.3 Å². The summed E-state index contributed by atoms with van der Waals surface area (Å²) >= 11 is 1.54. The largest absolute Gasteiger partial charge is 0.478 e. The van der Waals surface area contributed by atoms with E-state index in [4.69, 9.17) is 9.84 Å². The number of nitrogens with zero attached hydrogens (tertiary/aromatic N) is 2. The number of carboxylic acid groups (broad SMARTS) is 1. The molecule has 1 aliphatic heterocycles. The van der Waals surface area contributed by atoms with Crippen LogP contribution in [0.2, 0.25) is 0 Å². The minimum Gasteiger partial charge on any atom is -0.478 e. The summed E-state index contributed by atoms with van der Waals surface area (Å²) < 4.78 is 4.79. The molecule has 1 unspecified atom stereocenters. The van der Waals surface area contributed by atoms with Crippen molar-refractivity contribution >= 4 is 23.3 Å². The first-order valence-electron chi connectivity index (χ1n) is 8.11. The molecular formula is C18H20N2O4S. The fourth-order valence-electron chi connectivity index (χ4n) is 3.13. The number of hydrogen-bond donors (Lipinski definition) is 1. The average molecular weight is 360 g/mol. The highest BCUT2D eigenvalue weighted by Crippen LogP contribution is 2.36. The second kappa shape index (κ2) is 7.33. The Morgan fingerprint density at radius 3 is 2.72 bits per heavy atom. The number of methoxy groups -OCH3 is 1. The molecule has 7 heteroatoms. The van der Waals surface area contributed by atoms with E-state index in [1.54, 1.807) is 23.5 Å². The number of aryl methyl sites for hydroxylation is 1. The number of aromatic carboxylic acids is 1. The predicted octanol–water partition coefficient (Wildman–Crippen LogP) is 3.27. The molecule has 132 valence electrons. The number of carbonyl (C=O) groups is 2. The van der Waals surface area contributed by atoms with Crippen LogP contribution in [0.1, 0.15) is 55.2 Å². The third-order valence-corrected chi connectivity index (χ3v) is 5.50. The lowest BCUT2D eigenvalue weighted by molar-refractivity contribution is 0.0592. The molecule has 1 N–H and O–H groups in total. The molecule has 1 aliphatic rings. The molecule has 0 bridgehead atoms. The Kier molecular flexibility index (Phi) is 5.15. The smallest absolute Gasteiger partial charge is 0.357 e. The predicted molar refractivity (Wildman–Crippen MR) is 94.0 cm³/mol. The number of likely N-dealkylation sites (tertiary alicyclic amines) is 1. The minimum absolute atomic E-state index is 0.182. The molecule has 1 atom stereocenters. The summed E-state index contributed by atoms with van der Waals surface area (Å²) in [6.45, 7) is 3.58. The highest BCUT2D eigenvalue weighted by Gasteiger charge is 2.30. The number of thiazole rings is 1. The molecule has 1 fully saturated rings. The Bertz CT molecular complexity index is 785. The average Bonchev–Trinajstić information content (AvgIpc) is 3.21. The fraction of sp³-hybridized carbons (Fsp3) is 0.389. The molecule has 6 nitrogen and oxygen atoms in total. The molecule has 1 aromatic heterocycles. The van der Waals surface area contributed by atoms with Crippen molar-refractivity contribution in [3.8, 4) is 0 Å². The maximum Gasteiger partial charge on any atom is 0.357 e. The van der Waals surface area contributed by atoms with Gasteiger partial charge in [0.05, 0.1) is 18.7 Å². The van der Waals surface area contributed by atoms with E-state index in [0.717, 1.165) is 41.4 Å². The lowest BCUT2D eigenvalue weighted by Crippen LogP contribution is -2.22. The van der Waals surface area contributed by atoms with Gasteiger partial charge in [-0.25, -0.2) is 14.6 Å². The molecule has 25 heavy (non-hydrogen) atoms. The number of rotatable bonds is 5. The number of hydrogen-bond acceptors (Lipinski definition) is 6. The van der Waals surface area contributed by atoms with Gasteiger partial charge >= 0.3 is 11.9 Å². The lowest BCUT2D eigenvalue weighted by atomic mass is 10.1. The number of carboxylic acids is 1. The van der Waals surface area contributed by atoms with Crippen LogP contribution < -0.4 is 0 Å². The number of esters is 1. The molecule has 0 aliphatic carbocycles. The zero-order chi connectivity index (χ0) is 18.0. The molecule has 0 radical (unpaired) electrons. The third-order valence-electron chi connectivity index (χ3n) is 4.43. The summed E-state index contributed by atoms with van der Waals surface area (Å²) in [7, 11) is 1.36. The van der Waals surface area contributed by atoms with Crippen LogP contribution in [0.25, 0.3) is 0 Å². The van der Waals surface area contributed by atoms with Gasteiger partial charge in [0, 0.05) is 11.4 Å². The Labute approximate surface area is 150 Å². The van der Waals surface area contributed by atoms with Crippen LogP contribution in [0, 0.1) is 6.92 Å². The monoisotopic (exact) mass is 360 g/mol. The van der Waals surface area contributed by atoms with Crippen molar-refractivity contribution < 1.29 is 19.4 Å². The van der Waals surface area contributed by atoms with E-state index in [9.17, 15) is 9.59 Å². The summed E-state index contributed by atoms with van der Waals surface area (Å²) in [6.07, 6.45) is 2.07. The van der Waals surface area contributed by atoms with Crippen molar-refractivity contribution in [2.45, 2.75) is 32.4 Å². The number of aromatic nitrogens is 1. The third kappa shape index (κ3) is 3.72. The Morgan fingerprint density at radius 1 is 1.36 bits per heavy atom. The van der Waals surface area contributed by atoms with E-state index < -0.39 is 11.9 Å². The molecule has 3 rings (SSSR count). The first kappa shape index (κ1) is 17.6. The van der Waals surface area contributed by atoms with E-state index in [1.165, 1.54) is 7.11 Å².